The zero-order chi connectivity index (χ0) is 20.0. The molecule has 0 bridgehead atoms. The Hall–Kier alpha value is -2.28. The molecule has 2 atom stereocenters. The van der Waals surface area contributed by atoms with Crippen LogP contribution in [0, 0.1) is 17.2 Å². The van der Waals surface area contributed by atoms with Gasteiger partial charge in [-0.25, -0.2) is 4.79 Å². The fraction of sp³-hybridized carbons (Fsp3) is 0.565. The number of nitriles is 1. The molecular formula is C23H31NO3. The number of rotatable bonds is 7. The average Bonchev–Trinajstić information content (AvgIpc) is 3.03. The van der Waals surface area contributed by atoms with Crippen LogP contribution in [0.5, 0.6) is 0 Å². The normalized spacial score (nSPS) is 18.1. The van der Waals surface area contributed by atoms with Crippen molar-refractivity contribution in [3.63, 3.8) is 0 Å². The van der Waals surface area contributed by atoms with Crippen LogP contribution in [-0.4, -0.2) is 18.7 Å². The third-order valence-corrected chi connectivity index (χ3v) is 5.17. The number of allylic oxidation sites excluding steroid dienone is 2. The van der Waals surface area contributed by atoms with E-state index in [1.54, 1.807) is 7.11 Å². The highest BCUT2D eigenvalue weighted by Crippen LogP contribution is 2.37. The maximum Gasteiger partial charge on any atom is 0.338 e. The van der Waals surface area contributed by atoms with Crippen molar-refractivity contribution in [1.82, 2.24) is 0 Å². The smallest absolute Gasteiger partial charge is 0.338 e. The maximum absolute atomic E-state index is 12.2. The average molecular weight is 370 g/mol. The van der Waals surface area contributed by atoms with Gasteiger partial charge in [0.2, 0.25) is 0 Å². The van der Waals surface area contributed by atoms with Crippen molar-refractivity contribution >= 4 is 5.97 Å². The molecule has 0 radical (unpaired) electrons. The lowest BCUT2D eigenvalue weighted by Gasteiger charge is -2.20. The summed E-state index contributed by atoms with van der Waals surface area (Å²) in [6.45, 7) is 7.79. The lowest BCUT2D eigenvalue weighted by Crippen LogP contribution is -2.23. The third-order valence-electron chi connectivity index (χ3n) is 5.17. The van der Waals surface area contributed by atoms with Crippen LogP contribution < -0.4 is 0 Å². The summed E-state index contributed by atoms with van der Waals surface area (Å²) < 4.78 is 10.8. The molecule has 1 aliphatic carbocycles. The molecule has 0 saturated heterocycles. The molecule has 0 aliphatic heterocycles. The van der Waals surface area contributed by atoms with Crippen molar-refractivity contribution in [1.29, 1.82) is 5.26 Å². The van der Waals surface area contributed by atoms with Gasteiger partial charge in [-0.3, -0.25) is 0 Å². The van der Waals surface area contributed by atoms with Gasteiger partial charge in [-0.15, -0.1) is 0 Å². The first-order valence-electron chi connectivity index (χ1n) is 9.79. The predicted molar refractivity (Wildman–Crippen MR) is 106 cm³/mol. The lowest BCUT2D eigenvalue weighted by atomic mass is 9.86. The van der Waals surface area contributed by atoms with Crippen LogP contribution in [0.1, 0.15) is 81.6 Å². The van der Waals surface area contributed by atoms with Gasteiger partial charge in [-0.05, 0) is 76.0 Å². The molecule has 4 heteroatoms. The van der Waals surface area contributed by atoms with Crippen LogP contribution in [0.25, 0.3) is 0 Å². The second kappa shape index (κ2) is 9.08. The number of esters is 1. The van der Waals surface area contributed by atoms with E-state index in [0.717, 1.165) is 43.4 Å². The topological polar surface area (TPSA) is 59.3 Å². The largest absolute Gasteiger partial charge is 0.500 e. The van der Waals surface area contributed by atoms with E-state index >= 15 is 0 Å². The molecule has 0 fully saturated rings. The molecular weight excluding hydrogens is 338 g/mol. The zero-order valence-electron chi connectivity index (χ0n) is 17.2. The fourth-order valence-corrected chi connectivity index (χ4v) is 3.70. The fourth-order valence-electron chi connectivity index (χ4n) is 3.70. The highest BCUT2D eigenvalue weighted by atomic mass is 16.6. The highest BCUT2D eigenvalue weighted by molar-refractivity contribution is 5.89. The second-order valence-corrected chi connectivity index (χ2v) is 8.19. The van der Waals surface area contributed by atoms with Gasteiger partial charge >= 0.3 is 5.97 Å². The van der Waals surface area contributed by atoms with Crippen LogP contribution in [0.15, 0.2) is 35.6 Å². The Morgan fingerprint density at radius 1 is 1.30 bits per heavy atom. The summed E-state index contributed by atoms with van der Waals surface area (Å²) in [4.78, 5) is 12.2. The number of hydrogen-bond acceptors (Lipinski definition) is 4. The van der Waals surface area contributed by atoms with E-state index in [1.807, 2.05) is 45.0 Å². The summed E-state index contributed by atoms with van der Waals surface area (Å²) in [7, 11) is 1.65. The molecule has 1 aliphatic rings. The first kappa shape index (κ1) is 21.0. The minimum absolute atomic E-state index is 0.288. The Labute approximate surface area is 163 Å². The van der Waals surface area contributed by atoms with Crippen LogP contribution in [0.2, 0.25) is 0 Å². The molecule has 0 amide bonds. The van der Waals surface area contributed by atoms with Gasteiger partial charge in [0.1, 0.15) is 11.4 Å². The Morgan fingerprint density at radius 2 is 1.96 bits per heavy atom. The molecule has 4 nitrogen and oxygen atoms in total. The first-order valence-corrected chi connectivity index (χ1v) is 9.79. The van der Waals surface area contributed by atoms with Crippen LogP contribution >= 0.6 is 0 Å². The predicted octanol–water partition coefficient (Wildman–Crippen LogP) is 5.75. The number of hydrogen-bond donors (Lipinski definition) is 0. The van der Waals surface area contributed by atoms with Crippen molar-refractivity contribution in [3.8, 4) is 6.07 Å². The summed E-state index contributed by atoms with van der Waals surface area (Å²) >= 11 is 0. The van der Waals surface area contributed by atoms with E-state index < -0.39 is 5.60 Å². The minimum atomic E-state index is -0.490. The molecule has 0 heterocycles. The van der Waals surface area contributed by atoms with E-state index in [0.29, 0.717) is 17.4 Å². The minimum Gasteiger partial charge on any atom is -0.500 e. The highest BCUT2D eigenvalue weighted by Gasteiger charge is 2.27. The van der Waals surface area contributed by atoms with Crippen molar-refractivity contribution in [2.24, 2.45) is 5.92 Å². The van der Waals surface area contributed by atoms with Gasteiger partial charge in [-0.2, -0.15) is 5.26 Å². The molecule has 1 aromatic carbocycles. The third kappa shape index (κ3) is 5.60. The van der Waals surface area contributed by atoms with Crippen LogP contribution in [0.3, 0.4) is 0 Å². The molecule has 0 aromatic heterocycles. The van der Waals surface area contributed by atoms with Crippen molar-refractivity contribution in [2.45, 2.75) is 71.3 Å². The lowest BCUT2D eigenvalue weighted by molar-refractivity contribution is 0.00695. The molecule has 0 N–H and O–H groups in total. The Morgan fingerprint density at radius 3 is 2.48 bits per heavy atom. The zero-order valence-corrected chi connectivity index (χ0v) is 17.2. The Balaban J connectivity index is 2.01. The number of methoxy groups -OCH3 is 1. The Bertz CT molecular complexity index is 719. The van der Waals surface area contributed by atoms with Gasteiger partial charge in [0.25, 0.3) is 0 Å². The molecule has 146 valence electrons. The van der Waals surface area contributed by atoms with Gasteiger partial charge in [0.15, 0.2) is 0 Å². The van der Waals surface area contributed by atoms with E-state index in [9.17, 15) is 10.1 Å². The summed E-state index contributed by atoms with van der Waals surface area (Å²) in [6, 6.07) is 10.1. The molecule has 2 unspecified atom stereocenters. The molecule has 1 aromatic rings. The van der Waals surface area contributed by atoms with Gasteiger partial charge in [-0.1, -0.05) is 19.1 Å². The monoisotopic (exact) mass is 369 g/mol. The van der Waals surface area contributed by atoms with Gasteiger partial charge < -0.3 is 9.47 Å². The molecule has 0 spiro atoms. The van der Waals surface area contributed by atoms with E-state index in [1.165, 1.54) is 5.56 Å². The quantitative estimate of drug-likeness (QED) is 0.574. The summed E-state index contributed by atoms with van der Waals surface area (Å²) in [5.74, 6) is 1.30. The number of benzene rings is 1. The van der Waals surface area contributed by atoms with Crippen LogP contribution in [-0.2, 0) is 9.47 Å². The summed E-state index contributed by atoms with van der Waals surface area (Å²) in [5, 5.41) is 9.41. The number of ether oxygens (including phenoxy) is 2. The number of carbonyl (C=O) groups is 1. The maximum atomic E-state index is 12.2. The SMILES string of the molecule is CCC(CCC1CCC(OC)=C1C#N)c1ccc(C(=O)OC(C)(C)C)cc1. The summed E-state index contributed by atoms with van der Waals surface area (Å²) in [5.41, 5.74) is 2.15. The van der Waals surface area contributed by atoms with Crippen LogP contribution in [0.4, 0.5) is 0 Å². The van der Waals surface area contributed by atoms with Gasteiger partial charge in [0.05, 0.1) is 24.3 Å². The van der Waals surface area contributed by atoms with Crippen molar-refractivity contribution in [3.05, 3.63) is 46.7 Å². The molecule has 2 rings (SSSR count). The van der Waals surface area contributed by atoms with Gasteiger partial charge in [0, 0.05) is 6.42 Å². The molecule has 27 heavy (non-hydrogen) atoms. The number of carbonyl (C=O) groups excluding carboxylic acids is 1. The number of nitrogens with zero attached hydrogens (tertiary/aromatic N) is 1. The molecule has 0 saturated carbocycles. The van der Waals surface area contributed by atoms with Crippen molar-refractivity contribution in [2.75, 3.05) is 7.11 Å². The Kier molecular flexibility index (Phi) is 7.07. The summed E-state index contributed by atoms with van der Waals surface area (Å²) in [6.07, 6.45) is 4.91. The van der Waals surface area contributed by atoms with Crippen molar-refractivity contribution < 1.29 is 14.3 Å². The van der Waals surface area contributed by atoms with E-state index in [2.05, 4.69) is 13.0 Å². The standard InChI is InChI=1S/C23H31NO3/c1-6-16(7-10-18-13-14-21(26-5)20(18)15-24)17-8-11-19(12-9-17)22(25)27-23(2,3)4/h8-9,11-12,16,18H,6-7,10,13-14H2,1-5H3. The van der Waals surface area contributed by atoms with E-state index in [4.69, 9.17) is 9.47 Å². The first-order chi connectivity index (χ1) is 12.8. The van der Waals surface area contributed by atoms with E-state index in [-0.39, 0.29) is 5.97 Å². The second-order valence-electron chi connectivity index (χ2n) is 8.19.